The fourth-order valence-corrected chi connectivity index (χ4v) is 3.11. The first kappa shape index (κ1) is 19.0. The molecular weight excluding hydrogens is 441 g/mol. The van der Waals surface area contributed by atoms with Crippen LogP contribution in [0.2, 0.25) is 0 Å². The summed E-state index contributed by atoms with van der Waals surface area (Å²) in [4.78, 5) is 12.1. The zero-order chi connectivity index (χ0) is 20.2. The summed E-state index contributed by atoms with van der Waals surface area (Å²) in [5.74, 6) is 0.193. The normalized spacial score (nSPS) is 10.8. The van der Waals surface area contributed by atoms with Gasteiger partial charge in [0, 0.05) is 21.7 Å². The van der Waals surface area contributed by atoms with Crippen LogP contribution in [-0.2, 0) is 0 Å². The van der Waals surface area contributed by atoms with Crippen molar-refractivity contribution < 1.29 is 13.9 Å². The smallest absolute Gasteiger partial charge is 0.251 e. The van der Waals surface area contributed by atoms with Gasteiger partial charge >= 0.3 is 0 Å². The SMILES string of the molecule is O=C(NCCOc1ccc2nnc(-c3cccc(F)c3)n2n1)c1cccc(Br)c1. The largest absolute Gasteiger partial charge is 0.475 e. The lowest BCUT2D eigenvalue weighted by Crippen LogP contribution is -2.28. The minimum absolute atomic E-state index is 0.189. The molecular formula is C20H15BrFN5O2. The highest BCUT2D eigenvalue weighted by Crippen LogP contribution is 2.19. The number of hydrogen-bond donors (Lipinski definition) is 1. The van der Waals surface area contributed by atoms with Gasteiger partial charge in [-0.15, -0.1) is 15.3 Å². The fourth-order valence-electron chi connectivity index (χ4n) is 2.71. The molecule has 0 bridgehead atoms. The third-order valence-corrected chi connectivity index (χ3v) is 4.54. The van der Waals surface area contributed by atoms with Crippen LogP contribution in [0.25, 0.3) is 17.0 Å². The van der Waals surface area contributed by atoms with Crippen LogP contribution in [0.4, 0.5) is 4.39 Å². The predicted octanol–water partition coefficient (Wildman–Crippen LogP) is 3.50. The molecule has 2 heterocycles. The molecule has 7 nitrogen and oxygen atoms in total. The van der Waals surface area contributed by atoms with Gasteiger partial charge in [0.15, 0.2) is 11.5 Å². The second kappa shape index (κ2) is 8.36. The molecule has 0 saturated carbocycles. The molecule has 0 fully saturated rings. The fraction of sp³-hybridized carbons (Fsp3) is 0.100. The van der Waals surface area contributed by atoms with Crippen molar-refractivity contribution >= 4 is 27.5 Å². The monoisotopic (exact) mass is 455 g/mol. The molecule has 1 N–H and O–H groups in total. The first-order valence-corrected chi connectivity index (χ1v) is 9.54. The maximum Gasteiger partial charge on any atom is 0.251 e. The molecule has 0 aliphatic carbocycles. The summed E-state index contributed by atoms with van der Waals surface area (Å²) >= 11 is 3.34. The van der Waals surface area contributed by atoms with Gasteiger partial charge in [-0.3, -0.25) is 4.79 Å². The van der Waals surface area contributed by atoms with Crippen molar-refractivity contribution in [1.29, 1.82) is 0 Å². The highest BCUT2D eigenvalue weighted by Gasteiger charge is 2.11. The Kier molecular flexibility index (Phi) is 5.48. The van der Waals surface area contributed by atoms with E-state index in [1.54, 1.807) is 42.5 Å². The summed E-state index contributed by atoms with van der Waals surface area (Å²) in [6.45, 7) is 0.541. The molecule has 29 heavy (non-hydrogen) atoms. The minimum Gasteiger partial charge on any atom is -0.475 e. The summed E-state index contributed by atoms with van der Waals surface area (Å²) in [7, 11) is 0. The van der Waals surface area contributed by atoms with Gasteiger partial charge < -0.3 is 10.1 Å². The number of carbonyl (C=O) groups excluding carboxylic acids is 1. The van der Waals surface area contributed by atoms with Crippen molar-refractivity contribution in [2.24, 2.45) is 0 Å². The summed E-state index contributed by atoms with van der Waals surface area (Å²) in [6.07, 6.45) is 0. The Hall–Kier alpha value is -3.33. The van der Waals surface area contributed by atoms with Crippen LogP contribution in [0, 0.1) is 5.82 Å². The number of nitrogens with zero attached hydrogens (tertiary/aromatic N) is 4. The van der Waals surface area contributed by atoms with Gasteiger partial charge in [-0.2, -0.15) is 4.52 Å². The highest BCUT2D eigenvalue weighted by atomic mass is 79.9. The zero-order valence-electron chi connectivity index (χ0n) is 15.0. The van der Waals surface area contributed by atoms with E-state index in [1.165, 1.54) is 16.6 Å². The minimum atomic E-state index is -0.368. The van der Waals surface area contributed by atoms with Crippen molar-refractivity contribution in [3.05, 3.63) is 76.5 Å². The molecule has 2 aromatic heterocycles. The number of carbonyl (C=O) groups is 1. The lowest BCUT2D eigenvalue weighted by Gasteiger charge is -2.08. The second-order valence-electron chi connectivity index (χ2n) is 6.09. The Morgan fingerprint density at radius 1 is 1.10 bits per heavy atom. The standard InChI is InChI=1S/C20H15BrFN5O2/c21-15-5-1-4-14(11-15)20(28)23-9-10-29-18-8-7-17-24-25-19(27(17)26-18)13-3-2-6-16(22)12-13/h1-8,11-12H,9-10H2,(H,23,28). The van der Waals surface area contributed by atoms with Crippen LogP contribution >= 0.6 is 15.9 Å². The van der Waals surface area contributed by atoms with Gasteiger partial charge in [0.1, 0.15) is 12.4 Å². The number of aromatic nitrogens is 4. The molecule has 0 aliphatic heterocycles. The molecule has 4 rings (SSSR count). The first-order valence-electron chi connectivity index (χ1n) is 8.75. The van der Waals surface area contributed by atoms with Crippen molar-refractivity contribution in [3.8, 4) is 17.3 Å². The van der Waals surface area contributed by atoms with E-state index in [0.717, 1.165) is 4.47 Å². The number of rotatable bonds is 6. The lowest BCUT2D eigenvalue weighted by molar-refractivity contribution is 0.0946. The number of benzene rings is 2. The molecule has 146 valence electrons. The summed E-state index contributed by atoms with van der Waals surface area (Å²) in [6, 6.07) is 16.5. The Labute approximate surface area is 173 Å². The van der Waals surface area contributed by atoms with Gasteiger partial charge in [0.05, 0.1) is 6.54 Å². The van der Waals surface area contributed by atoms with Gasteiger partial charge in [0.25, 0.3) is 5.91 Å². The Balaban J connectivity index is 1.41. The first-order chi connectivity index (χ1) is 14.1. The van der Waals surface area contributed by atoms with Crippen LogP contribution in [0.3, 0.4) is 0 Å². The van der Waals surface area contributed by atoms with Gasteiger partial charge in [-0.1, -0.05) is 34.1 Å². The maximum atomic E-state index is 13.5. The van der Waals surface area contributed by atoms with Crippen molar-refractivity contribution in [1.82, 2.24) is 25.1 Å². The van der Waals surface area contributed by atoms with Crippen molar-refractivity contribution in [2.75, 3.05) is 13.2 Å². The topological polar surface area (TPSA) is 81.4 Å². The van der Waals surface area contributed by atoms with E-state index < -0.39 is 0 Å². The average Bonchev–Trinajstić information content (AvgIpc) is 3.14. The average molecular weight is 456 g/mol. The van der Waals surface area contributed by atoms with Crippen LogP contribution in [0.15, 0.2) is 65.1 Å². The number of ether oxygens (including phenoxy) is 1. The molecule has 0 atom stereocenters. The van der Waals surface area contributed by atoms with Gasteiger partial charge in [0.2, 0.25) is 5.88 Å². The maximum absolute atomic E-state index is 13.5. The number of fused-ring (bicyclic) bond motifs is 1. The molecule has 0 aliphatic rings. The summed E-state index contributed by atoms with van der Waals surface area (Å²) in [5.41, 5.74) is 1.63. The zero-order valence-corrected chi connectivity index (χ0v) is 16.6. The van der Waals surface area contributed by atoms with E-state index in [-0.39, 0.29) is 18.3 Å². The third-order valence-electron chi connectivity index (χ3n) is 4.05. The van der Waals surface area contributed by atoms with E-state index in [4.69, 9.17) is 4.74 Å². The summed E-state index contributed by atoms with van der Waals surface area (Å²) in [5, 5.41) is 15.3. The van der Waals surface area contributed by atoms with Crippen molar-refractivity contribution in [3.63, 3.8) is 0 Å². The quantitative estimate of drug-likeness (QED) is 0.450. The van der Waals surface area contributed by atoms with E-state index in [0.29, 0.717) is 35.0 Å². The number of hydrogen-bond acceptors (Lipinski definition) is 5. The molecule has 2 aromatic carbocycles. The molecule has 4 aromatic rings. The van der Waals surface area contributed by atoms with Crippen molar-refractivity contribution in [2.45, 2.75) is 0 Å². The van der Waals surface area contributed by atoms with Crippen LogP contribution in [-0.4, -0.2) is 38.9 Å². The lowest BCUT2D eigenvalue weighted by atomic mass is 10.2. The van der Waals surface area contributed by atoms with E-state index in [1.807, 2.05) is 6.07 Å². The van der Waals surface area contributed by atoms with Crippen LogP contribution in [0.1, 0.15) is 10.4 Å². The molecule has 0 radical (unpaired) electrons. The molecule has 0 unspecified atom stereocenters. The predicted molar refractivity (Wildman–Crippen MR) is 108 cm³/mol. The van der Waals surface area contributed by atoms with Gasteiger partial charge in [-0.05, 0) is 36.4 Å². The second-order valence-corrected chi connectivity index (χ2v) is 7.01. The Bertz CT molecular complexity index is 1180. The highest BCUT2D eigenvalue weighted by molar-refractivity contribution is 9.10. The molecule has 0 spiro atoms. The van der Waals surface area contributed by atoms with E-state index in [9.17, 15) is 9.18 Å². The van der Waals surface area contributed by atoms with Crippen LogP contribution < -0.4 is 10.1 Å². The summed E-state index contributed by atoms with van der Waals surface area (Å²) < 4.78 is 21.5. The molecule has 1 amide bonds. The van der Waals surface area contributed by atoms with E-state index >= 15 is 0 Å². The molecule has 9 heteroatoms. The number of nitrogens with one attached hydrogen (secondary N) is 1. The third kappa shape index (κ3) is 4.40. The molecule has 0 saturated heterocycles. The Morgan fingerprint density at radius 3 is 2.79 bits per heavy atom. The number of amides is 1. The van der Waals surface area contributed by atoms with E-state index in [2.05, 4.69) is 36.5 Å². The number of halogens is 2. The van der Waals surface area contributed by atoms with Crippen LogP contribution in [0.5, 0.6) is 5.88 Å². The Morgan fingerprint density at radius 2 is 1.97 bits per heavy atom. The van der Waals surface area contributed by atoms with Gasteiger partial charge in [-0.25, -0.2) is 4.39 Å².